The van der Waals surface area contributed by atoms with E-state index in [1.54, 1.807) is 7.11 Å². The topological polar surface area (TPSA) is 29.8 Å². The molecule has 0 aliphatic carbocycles. The van der Waals surface area contributed by atoms with Gasteiger partial charge in [-0.1, -0.05) is 0 Å². The number of pyridine rings is 1. The molecule has 0 N–H and O–H groups in total. The van der Waals surface area contributed by atoms with Crippen molar-refractivity contribution < 1.29 is 4.74 Å². The average Bonchev–Trinajstić information content (AvgIpc) is 2.65. The highest BCUT2D eigenvalue weighted by molar-refractivity contribution is 5.51. The van der Waals surface area contributed by atoms with Gasteiger partial charge in [-0.3, -0.25) is 4.90 Å². The highest BCUT2D eigenvalue weighted by Crippen LogP contribution is 2.17. The van der Waals surface area contributed by atoms with Crippen LogP contribution in [0.1, 0.15) is 22.5 Å². The SMILES string of the molecule is COCCN(C)Cc1cc(C)c2nc(C)c(C)n2c1. The fourth-order valence-electron chi connectivity index (χ4n) is 2.33. The van der Waals surface area contributed by atoms with Gasteiger partial charge >= 0.3 is 0 Å². The van der Waals surface area contributed by atoms with Crippen molar-refractivity contribution in [3.63, 3.8) is 0 Å². The molecule has 19 heavy (non-hydrogen) atoms. The second-order valence-corrected chi connectivity index (χ2v) is 5.24. The molecular formula is C15H23N3O. The lowest BCUT2D eigenvalue weighted by molar-refractivity contribution is 0.158. The highest BCUT2D eigenvalue weighted by atomic mass is 16.5. The van der Waals surface area contributed by atoms with Crippen molar-refractivity contribution in [3.8, 4) is 0 Å². The van der Waals surface area contributed by atoms with Crippen molar-refractivity contribution in [3.05, 3.63) is 34.8 Å². The summed E-state index contributed by atoms with van der Waals surface area (Å²) in [6, 6.07) is 2.23. The highest BCUT2D eigenvalue weighted by Gasteiger charge is 2.09. The van der Waals surface area contributed by atoms with Crippen molar-refractivity contribution >= 4 is 5.65 Å². The van der Waals surface area contributed by atoms with Gasteiger partial charge in [-0.15, -0.1) is 0 Å². The Hall–Kier alpha value is -1.39. The first-order valence-electron chi connectivity index (χ1n) is 6.65. The first-order chi connectivity index (χ1) is 9.02. The van der Waals surface area contributed by atoms with Crippen LogP contribution >= 0.6 is 0 Å². The van der Waals surface area contributed by atoms with Gasteiger partial charge in [-0.25, -0.2) is 4.98 Å². The summed E-state index contributed by atoms with van der Waals surface area (Å²) in [6.07, 6.45) is 2.20. The quantitative estimate of drug-likeness (QED) is 0.827. The smallest absolute Gasteiger partial charge is 0.140 e. The maximum atomic E-state index is 5.11. The zero-order valence-electron chi connectivity index (χ0n) is 12.5. The molecule has 0 fully saturated rings. The van der Waals surface area contributed by atoms with Crippen LogP contribution in [0.4, 0.5) is 0 Å². The van der Waals surface area contributed by atoms with Gasteiger partial charge < -0.3 is 9.14 Å². The number of hydrogen-bond donors (Lipinski definition) is 0. The van der Waals surface area contributed by atoms with Crippen LogP contribution in [0.3, 0.4) is 0 Å². The Balaban J connectivity index is 2.27. The fourth-order valence-corrected chi connectivity index (χ4v) is 2.33. The Morgan fingerprint density at radius 2 is 2.05 bits per heavy atom. The molecule has 0 bridgehead atoms. The van der Waals surface area contributed by atoms with E-state index in [2.05, 4.69) is 54.4 Å². The molecule has 2 rings (SSSR count). The molecule has 4 nitrogen and oxygen atoms in total. The second-order valence-electron chi connectivity index (χ2n) is 5.24. The number of aromatic nitrogens is 2. The Kier molecular flexibility index (Phi) is 4.22. The molecule has 0 radical (unpaired) electrons. The average molecular weight is 261 g/mol. The Morgan fingerprint density at radius 1 is 1.32 bits per heavy atom. The van der Waals surface area contributed by atoms with E-state index in [1.807, 2.05) is 0 Å². The molecule has 2 aromatic rings. The number of methoxy groups -OCH3 is 1. The molecule has 0 amide bonds. The van der Waals surface area contributed by atoms with Gasteiger partial charge in [0, 0.05) is 32.1 Å². The lowest BCUT2D eigenvalue weighted by Gasteiger charge is -2.16. The van der Waals surface area contributed by atoms with Crippen LogP contribution < -0.4 is 0 Å². The fraction of sp³-hybridized carbons (Fsp3) is 0.533. The van der Waals surface area contributed by atoms with Crippen LogP contribution in [0.15, 0.2) is 12.3 Å². The molecule has 2 heterocycles. The van der Waals surface area contributed by atoms with Crippen molar-refractivity contribution in [1.29, 1.82) is 0 Å². The molecule has 0 aliphatic heterocycles. The normalized spacial score (nSPS) is 11.7. The van der Waals surface area contributed by atoms with Crippen LogP contribution in [-0.2, 0) is 11.3 Å². The lowest BCUT2D eigenvalue weighted by atomic mass is 10.2. The van der Waals surface area contributed by atoms with Crippen molar-refractivity contribution in [2.75, 3.05) is 27.3 Å². The van der Waals surface area contributed by atoms with E-state index in [-0.39, 0.29) is 0 Å². The molecule has 104 valence electrons. The number of aryl methyl sites for hydroxylation is 3. The second kappa shape index (κ2) is 5.72. The Bertz CT molecular complexity index is 574. The minimum Gasteiger partial charge on any atom is -0.383 e. The third-order valence-corrected chi connectivity index (χ3v) is 3.57. The molecule has 0 unspecified atom stereocenters. The molecular weight excluding hydrogens is 238 g/mol. The van der Waals surface area contributed by atoms with Gasteiger partial charge in [0.1, 0.15) is 5.65 Å². The predicted octanol–water partition coefficient (Wildman–Crippen LogP) is 2.34. The predicted molar refractivity (Wildman–Crippen MR) is 77.6 cm³/mol. The molecule has 0 atom stereocenters. The Labute approximate surface area is 115 Å². The summed E-state index contributed by atoms with van der Waals surface area (Å²) in [5.41, 5.74) is 5.93. The van der Waals surface area contributed by atoms with Gasteiger partial charge in [0.05, 0.1) is 12.3 Å². The third-order valence-electron chi connectivity index (χ3n) is 3.57. The first kappa shape index (κ1) is 14.0. The summed E-state index contributed by atoms with van der Waals surface area (Å²) >= 11 is 0. The van der Waals surface area contributed by atoms with Gasteiger partial charge in [0.15, 0.2) is 0 Å². The van der Waals surface area contributed by atoms with Crippen LogP contribution in [0.5, 0.6) is 0 Å². The zero-order valence-corrected chi connectivity index (χ0v) is 12.5. The van der Waals surface area contributed by atoms with Gasteiger partial charge in [-0.2, -0.15) is 0 Å². The molecule has 0 spiro atoms. The maximum absolute atomic E-state index is 5.11. The first-order valence-corrected chi connectivity index (χ1v) is 6.65. The van der Waals surface area contributed by atoms with Gasteiger partial charge in [0.2, 0.25) is 0 Å². The van der Waals surface area contributed by atoms with E-state index in [1.165, 1.54) is 16.8 Å². The van der Waals surface area contributed by atoms with Crippen molar-refractivity contribution in [2.45, 2.75) is 27.3 Å². The lowest BCUT2D eigenvalue weighted by Crippen LogP contribution is -2.22. The standard InChI is InChI=1S/C15H23N3O/c1-11-8-14(9-17(4)6-7-19-5)10-18-13(3)12(2)16-15(11)18/h8,10H,6-7,9H2,1-5H3. The van der Waals surface area contributed by atoms with E-state index in [0.29, 0.717) is 0 Å². The van der Waals surface area contributed by atoms with Crippen molar-refractivity contribution in [2.24, 2.45) is 0 Å². The van der Waals surface area contributed by atoms with E-state index in [0.717, 1.165) is 31.0 Å². The van der Waals surface area contributed by atoms with E-state index >= 15 is 0 Å². The summed E-state index contributed by atoms with van der Waals surface area (Å²) < 4.78 is 7.31. The summed E-state index contributed by atoms with van der Waals surface area (Å²) in [7, 11) is 3.85. The number of ether oxygens (including phenoxy) is 1. The minimum atomic E-state index is 0.765. The number of fused-ring (bicyclic) bond motifs is 1. The maximum Gasteiger partial charge on any atom is 0.140 e. The van der Waals surface area contributed by atoms with Crippen LogP contribution in [0.25, 0.3) is 5.65 Å². The van der Waals surface area contributed by atoms with E-state index in [9.17, 15) is 0 Å². The number of nitrogens with zero attached hydrogens (tertiary/aromatic N) is 3. The summed E-state index contributed by atoms with van der Waals surface area (Å²) in [4.78, 5) is 6.88. The van der Waals surface area contributed by atoms with Gasteiger partial charge in [-0.05, 0) is 45.0 Å². The minimum absolute atomic E-state index is 0.765. The molecule has 0 aliphatic rings. The summed E-state index contributed by atoms with van der Waals surface area (Å²) in [5, 5.41) is 0. The largest absolute Gasteiger partial charge is 0.383 e. The summed E-state index contributed by atoms with van der Waals surface area (Å²) in [6.45, 7) is 8.94. The van der Waals surface area contributed by atoms with Crippen LogP contribution in [0, 0.1) is 20.8 Å². The number of rotatable bonds is 5. The molecule has 0 aromatic carbocycles. The van der Waals surface area contributed by atoms with Gasteiger partial charge in [0.25, 0.3) is 0 Å². The van der Waals surface area contributed by atoms with Crippen LogP contribution in [-0.4, -0.2) is 41.6 Å². The van der Waals surface area contributed by atoms with E-state index in [4.69, 9.17) is 4.74 Å². The number of hydrogen-bond acceptors (Lipinski definition) is 3. The number of likely N-dealkylation sites (N-methyl/N-ethyl adjacent to an activating group) is 1. The van der Waals surface area contributed by atoms with Crippen LogP contribution in [0.2, 0.25) is 0 Å². The molecule has 2 aromatic heterocycles. The van der Waals surface area contributed by atoms with Crippen molar-refractivity contribution in [1.82, 2.24) is 14.3 Å². The molecule has 4 heteroatoms. The zero-order chi connectivity index (χ0) is 14.0. The monoisotopic (exact) mass is 261 g/mol. The Morgan fingerprint density at radius 3 is 2.74 bits per heavy atom. The molecule has 0 saturated carbocycles. The number of imidazole rings is 1. The summed E-state index contributed by atoms with van der Waals surface area (Å²) in [5.74, 6) is 0. The van der Waals surface area contributed by atoms with E-state index < -0.39 is 0 Å². The molecule has 0 saturated heterocycles. The third kappa shape index (κ3) is 2.96.